The number of aliphatic hydroxyl groups is 1. The van der Waals surface area contributed by atoms with Crippen LogP contribution in [0.5, 0.6) is 0 Å². The summed E-state index contributed by atoms with van der Waals surface area (Å²) in [6.45, 7) is 5.23. The first kappa shape index (κ1) is 16.3. The fourth-order valence-corrected chi connectivity index (χ4v) is 2.74. The third-order valence-corrected chi connectivity index (χ3v) is 3.82. The highest BCUT2D eigenvalue weighted by Crippen LogP contribution is 2.42. The summed E-state index contributed by atoms with van der Waals surface area (Å²) in [4.78, 5) is 25.4. The molecule has 0 unspecified atom stereocenters. The van der Waals surface area contributed by atoms with Gasteiger partial charge in [0, 0.05) is 0 Å². The van der Waals surface area contributed by atoms with Crippen molar-refractivity contribution in [1.29, 1.82) is 0 Å². The average molecular weight is 335 g/mol. The van der Waals surface area contributed by atoms with E-state index in [4.69, 9.17) is 9.47 Å². The zero-order valence-electron chi connectivity index (χ0n) is 13.6. The summed E-state index contributed by atoms with van der Waals surface area (Å²) >= 11 is 0. The van der Waals surface area contributed by atoms with Crippen LogP contribution >= 0.6 is 0 Å². The molecule has 6 nitrogen and oxygen atoms in total. The number of carbonyl (C=O) groups excluding carboxylic acids is 2. The molecule has 2 aliphatic heterocycles. The molecule has 0 atom stereocenters. The number of ether oxygens (including phenoxy) is 2. The van der Waals surface area contributed by atoms with E-state index >= 15 is 0 Å². The van der Waals surface area contributed by atoms with Gasteiger partial charge in [-0.05, 0) is 38.5 Å². The average Bonchev–Trinajstić information content (AvgIpc) is 2.66. The van der Waals surface area contributed by atoms with E-state index in [0.29, 0.717) is 0 Å². The molecular formula is C17H18FNO5. The molecule has 1 saturated heterocycles. The maximum atomic E-state index is 13.4. The van der Waals surface area contributed by atoms with Crippen LogP contribution in [0.2, 0.25) is 0 Å². The molecule has 2 aliphatic rings. The van der Waals surface area contributed by atoms with Crippen molar-refractivity contribution in [2.45, 2.75) is 32.0 Å². The molecule has 1 fully saturated rings. The number of benzene rings is 1. The van der Waals surface area contributed by atoms with Gasteiger partial charge in [-0.1, -0.05) is 12.1 Å². The topological polar surface area (TPSA) is 76.1 Å². The molecule has 0 saturated carbocycles. The van der Waals surface area contributed by atoms with Crippen molar-refractivity contribution in [3.05, 3.63) is 41.4 Å². The van der Waals surface area contributed by atoms with Crippen molar-refractivity contribution in [2.24, 2.45) is 0 Å². The third kappa shape index (κ3) is 2.70. The number of hydrogen-bond acceptors (Lipinski definition) is 5. The lowest BCUT2D eigenvalue weighted by Gasteiger charge is -2.45. The standard InChI is InChI=1S/C17H18FNO5/c1-16(2,3)24-15(22)19-8-17(9-19)13(20)12(14(21)23-17)10-5-4-6-11(18)7-10/h4-7,20H,8-9H2,1-3H3. The Hall–Kier alpha value is -2.57. The summed E-state index contributed by atoms with van der Waals surface area (Å²) < 4.78 is 23.9. The van der Waals surface area contributed by atoms with Crippen LogP contribution in [0.15, 0.2) is 30.0 Å². The van der Waals surface area contributed by atoms with Crippen LogP contribution in [0.1, 0.15) is 26.3 Å². The summed E-state index contributed by atoms with van der Waals surface area (Å²) in [6.07, 6.45) is -0.545. The Kier molecular flexibility index (Phi) is 3.55. The number of amides is 1. The Morgan fingerprint density at radius 3 is 2.62 bits per heavy atom. The monoisotopic (exact) mass is 335 g/mol. The molecule has 3 rings (SSSR count). The predicted molar refractivity (Wildman–Crippen MR) is 82.6 cm³/mol. The van der Waals surface area contributed by atoms with Crippen molar-refractivity contribution < 1.29 is 28.6 Å². The highest BCUT2D eigenvalue weighted by Gasteiger charge is 2.58. The molecule has 24 heavy (non-hydrogen) atoms. The van der Waals surface area contributed by atoms with Gasteiger partial charge in [0.15, 0.2) is 5.76 Å². The molecule has 7 heteroatoms. The van der Waals surface area contributed by atoms with Gasteiger partial charge in [-0.25, -0.2) is 14.0 Å². The smallest absolute Gasteiger partial charge is 0.410 e. The van der Waals surface area contributed by atoms with Gasteiger partial charge in [-0.2, -0.15) is 0 Å². The molecule has 0 bridgehead atoms. The second kappa shape index (κ2) is 5.22. The molecule has 0 aromatic heterocycles. The minimum Gasteiger partial charge on any atom is -0.507 e. The Morgan fingerprint density at radius 1 is 1.38 bits per heavy atom. The first-order valence-corrected chi connectivity index (χ1v) is 7.52. The molecule has 1 aromatic carbocycles. The van der Waals surface area contributed by atoms with Gasteiger partial charge in [0.2, 0.25) is 5.60 Å². The SMILES string of the molecule is CC(C)(C)OC(=O)N1CC2(C1)OC(=O)C(c1cccc(F)c1)=C2O. The van der Waals surface area contributed by atoms with Gasteiger partial charge in [0.25, 0.3) is 0 Å². The van der Waals surface area contributed by atoms with Gasteiger partial charge < -0.3 is 14.6 Å². The van der Waals surface area contributed by atoms with E-state index in [0.717, 1.165) is 6.07 Å². The molecule has 1 spiro atoms. The summed E-state index contributed by atoms with van der Waals surface area (Å²) in [5.41, 5.74) is -1.74. The third-order valence-electron chi connectivity index (χ3n) is 3.82. The summed E-state index contributed by atoms with van der Waals surface area (Å²) in [7, 11) is 0. The maximum Gasteiger partial charge on any atom is 0.410 e. The molecule has 1 N–H and O–H groups in total. The number of halogens is 1. The lowest BCUT2D eigenvalue weighted by Crippen LogP contribution is -2.65. The second-order valence-electron chi connectivity index (χ2n) is 6.95. The van der Waals surface area contributed by atoms with Crippen LogP contribution in [-0.2, 0) is 14.3 Å². The molecule has 0 aliphatic carbocycles. The van der Waals surface area contributed by atoms with Crippen molar-refractivity contribution >= 4 is 17.6 Å². The second-order valence-corrected chi connectivity index (χ2v) is 6.95. The lowest BCUT2D eigenvalue weighted by atomic mass is 9.90. The highest BCUT2D eigenvalue weighted by molar-refractivity contribution is 6.19. The summed E-state index contributed by atoms with van der Waals surface area (Å²) in [5, 5.41) is 10.4. The van der Waals surface area contributed by atoms with Crippen molar-refractivity contribution in [1.82, 2.24) is 4.90 Å². The normalized spacial score (nSPS) is 19.3. The lowest BCUT2D eigenvalue weighted by molar-refractivity contribution is -0.162. The molecule has 1 aromatic rings. The number of nitrogens with zero attached hydrogens (tertiary/aromatic N) is 1. The number of carbonyl (C=O) groups is 2. The van der Waals surface area contributed by atoms with Gasteiger partial charge >= 0.3 is 12.1 Å². The predicted octanol–water partition coefficient (Wildman–Crippen LogP) is 2.64. The number of rotatable bonds is 1. The van der Waals surface area contributed by atoms with Crippen LogP contribution in [0.3, 0.4) is 0 Å². The van der Waals surface area contributed by atoms with E-state index in [9.17, 15) is 19.1 Å². The van der Waals surface area contributed by atoms with Crippen LogP contribution in [-0.4, -0.2) is 46.4 Å². The summed E-state index contributed by atoms with van der Waals surface area (Å²) in [5.74, 6) is -1.54. The van der Waals surface area contributed by atoms with Crippen LogP contribution in [0.25, 0.3) is 5.57 Å². The van der Waals surface area contributed by atoms with Gasteiger partial charge in [-0.3, -0.25) is 4.90 Å². The summed E-state index contributed by atoms with van der Waals surface area (Å²) in [6, 6.07) is 5.34. The van der Waals surface area contributed by atoms with Gasteiger partial charge in [0.05, 0.1) is 13.1 Å². The quantitative estimate of drug-likeness (QED) is 0.799. The molecule has 1 amide bonds. The van der Waals surface area contributed by atoms with E-state index in [1.165, 1.54) is 23.1 Å². The van der Waals surface area contributed by atoms with E-state index in [-0.39, 0.29) is 30.0 Å². The Labute approximate surface area is 138 Å². The van der Waals surface area contributed by atoms with E-state index in [1.54, 1.807) is 20.8 Å². The van der Waals surface area contributed by atoms with Crippen LogP contribution < -0.4 is 0 Å². The zero-order chi connectivity index (χ0) is 17.7. The van der Waals surface area contributed by atoms with Crippen LogP contribution in [0.4, 0.5) is 9.18 Å². The number of hydrogen-bond donors (Lipinski definition) is 1. The Morgan fingerprint density at radius 2 is 2.04 bits per heavy atom. The first-order chi connectivity index (χ1) is 11.1. The molecule has 128 valence electrons. The van der Waals surface area contributed by atoms with Crippen molar-refractivity contribution in [3.63, 3.8) is 0 Å². The first-order valence-electron chi connectivity index (χ1n) is 7.52. The largest absolute Gasteiger partial charge is 0.507 e. The fourth-order valence-electron chi connectivity index (χ4n) is 2.74. The Balaban J connectivity index is 1.80. The van der Waals surface area contributed by atoms with E-state index in [2.05, 4.69) is 0 Å². The Bertz CT molecular complexity index is 744. The number of esters is 1. The minimum atomic E-state index is -1.27. The molecule has 0 radical (unpaired) electrons. The van der Waals surface area contributed by atoms with Crippen molar-refractivity contribution in [3.8, 4) is 0 Å². The minimum absolute atomic E-state index is 0.00168. The number of aliphatic hydroxyl groups excluding tert-OH is 1. The van der Waals surface area contributed by atoms with Gasteiger partial charge in [-0.15, -0.1) is 0 Å². The molecule has 2 heterocycles. The fraction of sp³-hybridized carbons (Fsp3) is 0.412. The molecular weight excluding hydrogens is 317 g/mol. The van der Waals surface area contributed by atoms with Gasteiger partial charge in [0.1, 0.15) is 17.0 Å². The zero-order valence-corrected chi connectivity index (χ0v) is 13.6. The highest BCUT2D eigenvalue weighted by atomic mass is 19.1. The maximum absolute atomic E-state index is 13.4. The van der Waals surface area contributed by atoms with Crippen molar-refractivity contribution in [2.75, 3.05) is 13.1 Å². The van der Waals surface area contributed by atoms with E-state index in [1.807, 2.05) is 0 Å². The van der Waals surface area contributed by atoms with Crippen LogP contribution in [0, 0.1) is 5.82 Å². The number of likely N-dealkylation sites (tertiary alicyclic amines) is 1. The van der Waals surface area contributed by atoms with E-state index < -0.39 is 29.1 Å².